The minimum Gasteiger partial charge on any atom is -0.331 e. The molecule has 9 heteroatoms. The Labute approximate surface area is 133 Å². The summed E-state index contributed by atoms with van der Waals surface area (Å²) in [7, 11) is 0. The summed E-state index contributed by atoms with van der Waals surface area (Å²) < 4.78 is 24.8. The van der Waals surface area contributed by atoms with Crippen LogP contribution in [0.5, 0.6) is 0 Å². The van der Waals surface area contributed by atoms with E-state index < -0.39 is 17.5 Å². The van der Waals surface area contributed by atoms with Crippen molar-refractivity contribution in [3.05, 3.63) is 39.4 Å². The molecule has 0 aliphatic heterocycles. The number of anilines is 1. The topological polar surface area (TPSA) is 66.9 Å². The SMILES string of the molecule is O=C(Nc1nnc(C(F)F)s1)N[C@H]1CCc2cc(Cl)ccc21. The zero-order valence-corrected chi connectivity index (χ0v) is 12.7. The summed E-state index contributed by atoms with van der Waals surface area (Å²) in [5.41, 5.74) is 2.12. The fourth-order valence-corrected chi connectivity index (χ4v) is 3.19. The van der Waals surface area contributed by atoms with Crippen molar-refractivity contribution < 1.29 is 13.6 Å². The molecule has 2 aromatic rings. The van der Waals surface area contributed by atoms with Gasteiger partial charge in [0, 0.05) is 5.02 Å². The highest BCUT2D eigenvalue weighted by Gasteiger charge is 2.24. The van der Waals surface area contributed by atoms with E-state index in [1.165, 1.54) is 0 Å². The van der Waals surface area contributed by atoms with Crippen LogP contribution in [0.15, 0.2) is 18.2 Å². The van der Waals surface area contributed by atoms with Gasteiger partial charge in [-0.05, 0) is 36.1 Å². The third kappa shape index (κ3) is 3.17. The van der Waals surface area contributed by atoms with Crippen LogP contribution >= 0.6 is 22.9 Å². The molecule has 116 valence electrons. The number of alkyl halides is 2. The Hall–Kier alpha value is -1.80. The molecule has 0 spiro atoms. The summed E-state index contributed by atoms with van der Waals surface area (Å²) in [6, 6.07) is 4.92. The molecule has 0 saturated heterocycles. The number of nitrogens with zero attached hydrogens (tertiary/aromatic N) is 2. The van der Waals surface area contributed by atoms with Gasteiger partial charge in [0.15, 0.2) is 5.01 Å². The average molecular weight is 345 g/mol. The number of carbonyl (C=O) groups is 1. The van der Waals surface area contributed by atoms with Gasteiger partial charge in [-0.1, -0.05) is 29.0 Å². The van der Waals surface area contributed by atoms with E-state index in [1.54, 1.807) is 6.07 Å². The molecule has 1 aromatic carbocycles. The van der Waals surface area contributed by atoms with Crippen LogP contribution in [0.1, 0.15) is 35.0 Å². The van der Waals surface area contributed by atoms with Crippen molar-refractivity contribution in [1.29, 1.82) is 0 Å². The predicted molar refractivity (Wildman–Crippen MR) is 79.5 cm³/mol. The summed E-state index contributed by atoms with van der Waals surface area (Å²) in [6.07, 6.45) is -1.10. The van der Waals surface area contributed by atoms with Crippen molar-refractivity contribution in [1.82, 2.24) is 15.5 Å². The summed E-state index contributed by atoms with van der Waals surface area (Å²) in [4.78, 5) is 11.9. The number of benzene rings is 1. The summed E-state index contributed by atoms with van der Waals surface area (Å²) >= 11 is 6.59. The monoisotopic (exact) mass is 344 g/mol. The van der Waals surface area contributed by atoms with Gasteiger partial charge in [0.2, 0.25) is 5.13 Å². The Bertz CT molecular complexity index is 709. The molecule has 1 aliphatic carbocycles. The minimum atomic E-state index is -2.69. The van der Waals surface area contributed by atoms with Crippen molar-refractivity contribution in [3.8, 4) is 0 Å². The molecule has 0 fully saturated rings. The average Bonchev–Trinajstić information content (AvgIpc) is 3.06. The maximum atomic E-state index is 12.4. The molecule has 1 aliphatic rings. The van der Waals surface area contributed by atoms with Crippen molar-refractivity contribution in [2.75, 3.05) is 5.32 Å². The zero-order chi connectivity index (χ0) is 15.7. The summed E-state index contributed by atoms with van der Waals surface area (Å²) in [5.74, 6) is 0. The number of aryl methyl sites for hydroxylation is 1. The van der Waals surface area contributed by atoms with Gasteiger partial charge in [-0.15, -0.1) is 10.2 Å². The summed E-state index contributed by atoms with van der Waals surface area (Å²) in [5, 5.41) is 12.3. The van der Waals surface area contributed by atoms with Gasteiger partial charge in [0.1, 0.15) is 0 Å². The van der Waals surface area contributed by atoms with Crippen LogP contribution in [0.2, 0.25) is 5.02 Å². The van der Waals surface area contributed by atoms with E-state index in [1.807, 2.05) is 12.1 Å². The highest BCUT2D eigenvalue weighted by molar-refractivity contribution is 7.15. The number of hydrogen-bond acceptors (Lipinski definition) is 4. The Morgan fingerprint density at radius 3 is 2.95 bits per heavy atom. The Morgan fingerprint density at radius 2 is 2.23 bits per heavy atom. The predicted octanol–water partition coefficient (Wildman–Crippen LogP) is 3.94. The largest absolute Gasteiger partial charge is 0.331 e. The number of rotatable bonds is 3. The molecule has 1 atom stereocenters. The van der Waals surface area contributed by atoms with E-state index in [2.05, 4.69) is 20.8 Å². The zero-order valence-electron chi connectivity index (χ0n) is 11.1. The van der Waals surface area contributed by atoms with Gasteiger partial charge in [-0.25, -0.2) is 13.6 Å². The van der Waals surface area contributed by atoms with Gasteiger partial charge in [0.05, 0.1) is 6.04 Å². The van der Waals surface area contributed by atoms with Crippen LogP contribution in [0.4, 0.5) is 18.7 Å². The first-order chi connectivity index (χ1) is 10.5. The number of amides is 2. The molecule has 22 heavy (non-hydrogen) atoms. The van der Waals surface area contributed by atoms with E-state index in [0.29, 0.717) is 16.4 Å². The second kappa shape index (κ2) is 6.13. The van der Waals surface area contributed by atoms with Gasteiger partial charge in [-0.2, -0.15) is 0 Å². The second-order valence-electron chi connectivity index (χ2n) is 4.78. The van der Waals surface area contributed by atoms with Crippen LogP contribution < -0.4 is 10.6 Å². The van der Waals surface area contributed by atoms with Crippen molar-refractivity contribution in [2.45, 2.75) is 25.3 Å². The number of fused-ring (bicyclic) bond motifs is 1. The molecule has 2 N–H and O–H groups in total. The lowest BCUT2D eigenvalue weighted by atomic mass is 10.1. The second-order valence-corrected chi connectivity index (χ2v) is 6.22. The number of halogens is 3. The highest BCUT2D eigenvalue weighted by atomic mass is 35.5. The van der Waals surface area contributed by atoms with Crippen molar-refractivity contribution >= 4 is 34.1 Å². The molecule has 2 amide bonds. The number of hydrogen-bond donors (Lipinski definition) is 2. The molecule has 0 bridgehead atoms. The van der Waals surface area contributed by atoms with Gasteiger partial charge in [0.25, 0.3) is 6.43 Å². The minimum absolute atomic E-state index is 0.0436. The molecule has 0 radical (unpaired) electrons. The van der Waals surface area contributed by atoms with Crippen molar-refractivity contribution in [3.63, 3.8) is 0 Å². The smallest absolute Gasteiger partial charge is 0.321 e. The normalized spacial score (nSPS) is 16.6. The maximum absolute atomic E-state index is 12.4. The third-order valence-corrected chi connectivity index (χ3v) is 4.42. The Morgan fingerprint density at radius 1 is 1.41 bits per heavy atom. The lowest BCUT2D eigenvalue weighted by Gasteiger charge is -2.14. The molecular formula is C13H11ClF2N4OS. The number of carbonyl (C=O) groups excluding carboxylic acids is 1. The number of nitrogens with one attached hydrogen (secondary N) is 2. The first kappa shape index (κ1) is 15.1. The quantitative estimate of drug-likeness (QED) is 0.886. The van der Waals surface area contributed by atoms with Crippen LogP contribution in [0.3, 0.4) is 0 Å². The van der Waals surface area contributed by atoms with Gasteiger partial charge in [-0.3, -0.25) is 5.32 Å². The first-order valence-electron chi connectivity index (χ1n) is 6.50. The first-order valence-corrected chi connectivity index (χ1v) is 7.70. The van der Waals surface area contributed by atoms with Crippen LogP contribution in [-0.4, -0.2) is 16.2 Å². The van der Waals surface area contributed by atoms with E-state index in [-0.39, 0.29) is 11.2 Å². The Balaban J connectivity index is 1.63. The maximum Gasteiger partial charge on any atom is 0.321 e. The van der Waals surface area contributed by atoms with Crippen LogP contribution in [0.25, 0.3) is 0 Å². The molecular weight excluding hydrogens is 334 g/mol. The van der Waals surface area contributed by atoms with E-state index in [4.69, 9.17) is 11.6 Å². The number of aromatic nitrogens is 2. The molecule has 3 rings (SSSR count). The molecule has 1 aromatic heterocycles. The number of urea groups is 1. The molecule has 0 saturated carbocycles. The van der Waals surface area contributed by atoms with Crippen LogP contribution in [0, 0.1) is 0 Å². The van der Waals surface area contributed by atoms with Gasteiger partial charge < -0.3 is 5.32 Å². The molecule has 0 unspecified atom stereocenters. The third-order valence-electron chi connectivity index (χ3n) is 3.34. The molecule has 1 heterocycles. The van der Waals surface area contributed by atoms with E-state index in [9.17, 15) is 13.6 Å². The highest BCUT2D eigenvalue weighted by Crippen LogP contribution is 2.33. The van der Waals surface area contributed by atoms with Crippen molar-refractivity contribution in [2.24, 2.45) is 0 Å². The summed E-state index contributed by atoms with van der Waals surface area (Å²) in [6.45, 7) is 0. The standard InChI is InChI=1S/C13H11ClF2N4OS/c14-7-2-3-8-6(5-7)1-4-9(8)17-12(21)18-13-20-19-11(22-13)10(15)16/h2-3,5,9-10H,1,4H2,(H2,17,18,20,21)/t9-/m0/s1. The van der Waals surface area contributed by atoms with E-state index >= 15 is 0 Å². The fraction of sp³-hybridized carbons (Fsp3) is 0.308. The van der Waals surface area contributed by atoms with Crippen LogP contribution in [-0.2, 0) is 6.42 Å². The van der Waals surface area contributed by atoms with E-state index in [0.717, 1.165) is 24.0 Å². The lowest BCUT2D eigenvalue weighted by Crippen LogP contribution is -2.31. The van der Waals surface area contributed by atoms with Gasteiger partial charge >= 0.3 is 6.03 Å². The Kier molecular flexibility index (Phi) is 4.21. The molecule has 5 nitrogen and oxygen atoms in total. The fourth-order valence-electron chi connectivity index (χ4n) is 2.40. The lowest BCUT2D eigenvalue weighted by molar-refractivity contribution is 0.150.